The number of primary sulfonamides is 1. The van der Waals surface area contributed by atoms with Crippen molar-refractivity contribution >= 4 is 10.0 Å². The molecule has 0 saturated carbocycles. The third-order valence-corrected chi connectivity index (χ3v) is 3.24. The van der Waals surface area contributed by atoms with Crippen LogP contribution in [0.25, 0.3) is 11.5 Å². The van der Waals surface area contributed by atoms with Crippen LogP contribution in [-0.4, -0.2) is 33.2 Å². The van der Waals surface area contributed by atoms with Crippen molar-refractivity contribution in [1.82, 2.24) is 24.7 Å². The summed E-state index contributed by atoms with van der Waals surface area (Å²) in [6, 6.07) is 0. The molecule has 2 rings (SSSR count). The summed E-state index contributed by atoms with van der Waals surface area (Å²) >= 11 is 0. The molecule has 0 aliphatic carbocycles. The lowest BCUT2D eigenvalue weighted by molar-refractivity contribution is 0.559. The molecule has 102 valence electrons. The molecule has 0 aromatic carbocycles. The summed E-state index contributed by atoms with van der Waals surface area (Å²) in [4.78, 5) is 8.27. The highest BCUT2D eigenvalue weighted by molar-refractivity contribution is 7.89. The lowest BCUT2D eigenvalue weighted by Crippen LogP contribution is -2.19. The number of nitrogens with zero attached hydrogens (tertiary/aromatic N) is 5. The Morgan fingerprint density at radius 1 is 1.26 bits per heavy atom. The third-order valence-electron chi connectivity index (χ3n) is 2.43. The van der Waals surface area contributed by atoms with Crippen LogP contribution in [0.1, 0.15) is 19.0 Å². The Morgan fingerprint density at radius 2 is 2.00 bits per heavy atom. The molecule has 0 unspecified atom stereocenters. The molecule has 0 saturated heterocycles. The molecule has 0 fully saturated rings. The Bertz CT molecular complexity index is 677. The first-order valence-electron chi connectivity index (χ1n) is 5.68. The first-order valence-corrected chi connectivity index (χ1v) is 7.23. The summed E-state index contributed by atoms with van der Waals surface area (Å²) in [5.74, 6) is 0.346. The van der Waals surface area contributed by atoms with Crippen molar-refractivity contribution in [2.75, 3.05) is 0 Å². The normalized spacial score (nSPS) is 11.7. The van der Waals surface area contributed by atoms with Crippen molar-refractivity contribution in [3.05, 3.63) is 18.1 Å². The summed E-state index contributed by atoms with van der Waals surface area (Å²) in [7, 11) is -3.91. The molecule has 8 nitrogen and oxygen atoms in total. The van der Waals surface area contributed by atoms with Crippen molar-refractivity contribution in [2.24, 2.45) is 5.14 Å². The molecular weight excluding hydrogens is 268 g/mol. The molecule has 0 aliphatic rings. The molecule has 2 N–H and O–H groups in total. The van der Waals surface area contributed by atoms with E-state index < -0.39 is 10.0 Å². The summed E-state index contributed by atoms with van der Waals surface area (Å²) in [6.07, 6.45) is 3.82. The van der Waals surface area contributed by atoms with Gasteiger partial charge in [-0.1, -0.05) is 6.92 Å². The van der Waals surface area contributed by atoms with Gasteiger partial charge in [-0.15, -0.1) is 10.2 Å². The van der Waals surface area contributed by atoms with Gasteiger partial charge in [0.15, 0.2) is 5.82 Å². The van der Waals surface area contributed by atoms with Crippen LogP contribution in [0.3, 0.4) is 0 Å². The van der Waals surface area contributed by atoms with E-state index in [1.807, 2.05) is 13.8 Å². The van der Waals surface area contributed by atoms with Crippen LogP contribution in [0, 0.1) is 6.92 Å². The second-order valence-electron chi connectivity index (χ2n) is 4.05. The quantitative estimate of drug-likeness (QED) is 0.850. The maximum absolute atomic E-state index is 11.4. The zero-order chi connectivity index (χ0) is 14.0. The standard InChI is InChI=1S/C10H14N6O2S/c1-3-4-16-9(8-6-12-7(2)5-13-8)14-15-10(16)19(11,17)18/h5-6H,3-4H2,1-2H3,(H2,11,17,18). The highest BCUT2D eigenvalue weighted by Gasteiger charge is 2.22. The van der Waals surface area contributed by atoms with Gasteiger partial charge in [0.05, 0.1) is 11.9 Å². The number of nitrogens with two attached hydrogens (primary N) is 1. The number of hydrogen-bond donors (Lipinski definition) is 1. The first-order chi connectivity index (χ1) is 8.93. The maximum Gasteiger partial charge on any atom is 0.273 e. The van der Waals surface area contributed by atoms with E-state index in [2.05, 4.69) is 20.2 Å². The fourth-order valence-corrected chi connectivity index (χ4v) is 2.26. The SMILES string of the molecule is CCCn1c(-c2cnc(C)cn2)nnc1S(N)(=O)=O. The highest BCUT2D eigenvalue weighted by atomic mass is 32.2. The Morgan fingerprint density at radius 3 is 2.53 bits per heavy atom. The fraction of sp³-hybridized carbons (Fsp3) is 0.400. The summed E-state index contributed by atoms with van der Waals surface area (Å²) in [5.41, 5.74) is 1.22. The molecule has 9 heteroatoms. The lowest BCUT2D eigenvalue weighted by atomic mass is 10.4. The van der Waals surface area contributed by atoms with Crippen molar-refractivity contribution in [3.8, 4) is 11.5 Å². The van der Waals surface area contributed by atoms with Gasteiger partial charge in [0, 0.05) is 12.7 Å². The van der Waals surface area contributed by atoms with E-state index >= 15 is 0 Å². The van der Waals surface area contributed by atoms with Crippen LogP contribution in [-0.2, 0) is 16.6 Å². The van der Waals surface area contributed by atoms with Crippen molar-refractivity contribution in [3.63, 3.8) is 0 Å². The maximum atomic E-state index is 11.4. The Kier molecular flexibility index (Phi) is 3.58. The van der Waals surface area contributed by atoms with E-state index in [0.717, 1.165) is 5.69 Å². The molecule has 2 heterocycles. The number of aromatic nitrogens is 5. The van der Waals surface area contributed by atoms with E-state index in [4.69, 9.17) is 5.14 Å². The molecule has 0 radical (unpaired) electrons. The summed E-state index contributed by atoms with van der Waals surface area (Å²) in [6.45, 7) is 4.16. The Hall–Kier alpha value is -1.87. The zero-order valence-electron chi connectivity index (χ0n) is 10.6. The van der Waals surface area contributed by atoms with E-state index in [1.54, 1.807) is 6.20 Å². The molecule has 0 amide bonds. The van der Waals surface area contributed by atoms with Gasteiger partial charge in [-0.3, -0.25) is 9.55 Å². The molecule has 0 spiro atoms. The minimum atomic E-state index is -3.91. The van der Waals surface area contributed by atoms with E-state index in [0.29, 0.717) is 24.5 Å². The Labute approximate surface area is 110 Å². The lowest BCUT2D eigenvalue weighted by Gasteiger charge is -2.06. The number of hydrogen-bond acceptors (Lipinski definition) is 6. The van der Waals surface area contributed by atoms with Crippen molar-refractivity contribution in [1.29, 1.82) is 0 Å². The fourth-order valence-electron chi connectivity index (χ4n) is 1.62. The van der Waals surface area contributed by atoms with Gasteiger partial charge < -0.3 is 0 Å². The van der Waals surface area contributed by atoms with Crippen LogP contribution >= 0.6 is 0 Å². The third kappa shape index (κ3) is 2.76. The molecule has 2 aromatic heterocycles. The van der Waals surface area contributed by atoms with Gasteiger partial charge in [-0.2, -0.15) is 0 Å². The predicted molar refractivity (Wildman–Crippen MR) is 67.4 cm³/mol. The first kappa shape index (κ1) is 13.6. The van der Waals surface area contributed by atoms with Gasteiger partial charge >= 0.3 is 0 Å². The zero-order valence-corrected chi connectivity index (χ0v) is 11.4. The van der Waals surface area contributed by atoms with Gasteiger partial charge in [-0.05, 0) is 13.3 Å². The molecule has 0 bridgehead atoms. The molecule has 2 aromatic rings. The average molecular weight is 282 g/mol. The Balaban J connectivity index is 2.58. The van der Waals surface area contributed by atoms with Gasteiger partial charge in [0.1, 0.15) is 5.69 Å². The second-order valence-corrected chi connectivity index (χ2v) is 5.50. The monoisotopic (exact) mass is 282 g/mol. The summed E-state index contributed by atoms with van der Waals surface area (Å²) in [5, 5.41) is 12.3. The van der Waals surface area contributed by atoms with E-state index in [9.17, 15) is 8.42 Å². The molecule has 19 heavy (non-hydrogen) atoms. The molecule has 0 atom stereocenters. The van der Waals surface area contributed by atoms with Crippen molar-refractivity contribution in [2.45, 2.75) is 32.0 Å². The van der Waals surface area contributed by atoms with Crippen LogP contribution in [0.2, 0.25) is 0 Å². The largest absolute Gasteiger partial charge is 0.295 e. The summed E-state index contributed by atoms with van der Waals surface area (Å²) < 4.78 is 24.3. The van der Waals surface area contributed by atoms with E-state index in [1.165, 1.54) is 10.8 Å². The van der Waals surface area contributed by atoms with Crippen LogP contribution < -0.4 is 5.14 Å². The second kappa shape index (κ2) is 5.02. The molecular formula is C10H14N6O2S. The van der Waals surface area contributed by atoms with Crippen LogP contribution in [0.5, 0.6) is 0 Å². The van der Waals surface area contributed by atoms with Crippen LogP contribution in [0.4, 0.5) is 0 Å². The van der Waals surface area contributed by atoms with Gasteiger partial charge in [-0.25, -0.2) is 18.5 Å². The van der Waals surface area contributed by atoms with E-state index in [-0.39, 0.29) is 5.16 Å². The number of rotatable bonds is 4. The number of aryl methyl sites for hydroxylation is 1. The topological polar surface area (TPSA) is 117 Å². The minimum absolute atomic E-state index is 0.258. The average Bonchev–Trinajstić information content (AvgIpc) is 2.74. The smallest absolute Gasteiger partial charge is 0.273 e. The minimum Gasteiger partial charge on any atom is -0.295 e. The predicted octanol–water partition coefficient (Wildman–Crippen LogP) is 0.101. The van der Waals surface area contributed by atoms with Gasteiger partial charge in [0.25, 0.3) is 15.2 Å². The van der Waals surface area contributed by atoms with Crippen molar-refractivity contribution < 1.29 is 8.42 Å². The highest BCUT2D eigenvalue weighted by Crippen LogP contribution is 2.17. The van der Waals surface area contributed by atoms with Gasteiger partial charge in [0.2, 0.25) is 0 Å². The number of sulfonamides is 1. The molecule has 0 aliphatic heterocycles. The van der Waals surface area contributed by atoms with Crippen LogP contribution in [0.15, 0.2) is 17.6 Å².